The SMILES string of the molecule is CC(C)OCOC(=O)Cc1ccccc1. The van der Waals surface area contributed by atoms with E-state index in [-0.39, 0.29) is 18.9 Å². The Morgan fingerprint density at radius 1 is 1.27 bits per heavy atom. The van der Waals surface area contributed by atoms with Gasteiger partial charge in [0.25, 0.3) is 0 Å². The van der Waals surface area contributed by atoms with Crippen molar-refractivity contribution in [3.05, 3.63) is 35.9 Å². The van der Waals surface area contributed by atoms with Crippen LogP contribution in [0.3, 0.4) is 0 Å². The predicted octanol–water partition coefficient (Wildman–Crippen LogP) is 2.15. The van der Waals surface area contributed by atoms with Crippen molar-refractivity contribution in [2.24, 2.45) is 0 Å². The van der Waals surface area contributed by atoms with Crippen LogP contribution in [0.2, 0.25) is 0 Å². The van der Waals surface area contributed by atoms with E-state index < -0.39 is 0 Å². The molecule has 0 saturated heterocycles. The lowest BCUT2D eigenvalue weighted by atomic mass is 10.2. The zero-order valence-electron chi connectivity index (χ0n) is 9.10. The first-order valence-corrected chi connectivity index (χ1v) is 4.99. The van der Waals surface area contributed by atoms with Crippen LogP contribution in [0.4, 0.5) is 0 Å². The number of rotatable bonds is 5. The van der Waals surface area contributed by atoms with Crippen molar-refractivity contribution < 1.29 is 14.3 Å². The molecule has 0 N–H and O–H groups in total. The molecular weight excluding hydrogens is 192 g/mol. The minimum absolute atomic E-state index is 0.0311. The average Bonchev–Trinajstić information content (AvgIpc) is 2.18. The Labute approximate surface area is 90.0 Å². The fourth-order valence-corrected chi connectivity index (χ4v) is 1.05. The molecule has 82 valence electrons. The highest BCUT2D eigenvalue weighted by atomic mass is 16.7. The number of ether oxygens (including phenoxy) is 2. The third-order valence-corrected chi connectivity index (χ3v) is 1.81. The first-order chi connectivity index (χ1) is 7.18. The smallest absolute Gasteiger partial charge is 0.312 e. The monoisotopic (exact) mass is 208 g/mol. The van der Waals surface area contributed by atoms with Gasteiger partial charge in [-0.1, -0.05) is 30.3 Å². The van der Waals surface area contributed by atoms with E-state index in [0.717, 1.165) is 5.56 Å². The molecule has 0 saturated carbocycles. The second kappa shape index (κ2) is 6.19. The third-order valence-electron chi connectivity index (χ3n) is 1.81. The van der Waals surface area contributed by atoms with Crippen LogP contribution in [0.1, 0.15) is 19.4 Å². The van der Waals surface area contributed by atoms with Crippen molar-refractivity contribution in [3.63, 3.8) is 0 Å². The topological polar surface area (TPSA) is 35.5 Å². The Balaban J connectivity index is 2.25. The van der Waals surface area contributed by atoms with E-state index in [2.05, 4.69) is 0 Å². The number of hydrogen-bond acceptors (Lipinski definition) is 3. The molecule has 15 heavy (non-hydrogen) atoms. The summed E-state index contributed by atoms with van der Waals surface area (Å²) in [6.07, 6.45) is 0.372. The molecule has 0 amide bonds. The summed E-state index contributed by atoms with van der Waals surface area (Å²) in [6, 6.07) is 9.49. The van der Waals surface area contributed by atoms with Gasteiger partial charge in [0.1, 0.15) is 0 Å². The largest absolute Gasteiger partial charge is 0.438 e. The summed E-state index contributed by atoms with van der Waals surface area (Å²) < 4.78 is 10.0. The van der Waals surface area contributed by atoms with Gasteiger partial charge in [0.15, 0.2) is 6.79 Å². The molecule has 1 aromatic rings. The lowest BCUT2D eigenvalue weighted by Gasteiger charge is -2.08. The van der Waals surface area contributed by atoms with E-state index in [9.17, 15) is 4.79 Å². The van der Waals surface area contributed by atoms with Crippen LogP contribution in [0, 0.1) is 0 Å². The van der Waals surface area contributed by atoms with E-state index in [4.69, 9.17) is 9.47 Å². The van der Waals surface area contributed by atoms with Crippen LogP contribution < -0.4 is 0 Å². The molecule has 3 nitrogen and oxygen atoms in total. The molecule has 0 aliphatic carbocycles. The molecule has 0 heterocycles. The second-order valence-corrected chi connectivity index (χ2v) is 3.51. The van der Waals surface area contributed by atoms with Crippen LogP contribution in [-0.2, 0) is 20.7 Å². The normalized spacial score (nSPS) is 10.3. The van der Waals surface area contributed by atoms with E-state index >= 15 is 0 Å². The average molecular weight is 208 g/mol. The van der Waals surface area contributed by atoms with Crippen LogP contribution in [0.15, 0.2) is 30.3 Å². The van der Waals surface area contributed by atoms with E-state index in [1.807, 2.05) is 44.2 Å². The fraction of sp³-hybridized carbons (Fsp3) is 0.417. The Hall–Kier alpha value is -1.35. The Kier molecular flexibility index (Phi) is 4.84. The maximum absolute atomic E-state index is 11.3. The second-order valence-electron chi connectivity index (χ2n) is 3.51. The molecule has 3 heteroatoms. The number of hydrogen-bond donors (Lipinski definition) is 0. The van der Waals surface area contributed by atoms with Gasteiger partial charge >= 0.3 is 5.97 Å². The molecule has 0 unspecified atom stereocenters. The number of carbonyl (C=O) groups is 1. The Morgan fingerprint density at radius 2 is 1.93 bits per heavy atom. The zero-order valence-corrected chi connectivity index (χ0v) is 9.10. The van der Waals surface area contributed by atoms with E-state index in [0.29, 0.717) is 6.42 Å². The molecule has 1 rings (SSSR count). The highest BCUT2D eigenvalue weighted by Gasteiger charge is 2.04. The predicted molar refractivity (Wildman–Crippen MR) is 57.3 cm³/mol. The summed E-state index contributed by atoms with van der Waals surface area (Å²) in [4.78, 5) is 11.3. The van der Waals surface area contributed by atoms with Crippen LogP contribution in [0.5, 0.6) is 0 Å². The molecule has 0 atom stereocenters. The van der Waals surface area contributed by atoms with Gasteiger partial charge in [-0.05, 0) is 19.4 Å². The van der Waals surface area contributed by atoms with Crippen molar-refractivity contribution in [3.8, 4) is 0 Å². The van der Waals surface area contributed by atoms with E-state index in [1.165, 1.54) is 0 Å². The summed E-state index contributed by atoms with van der Waals surface area (Å²) in [5, 5.41) is 0. The fourth-order valence-electron chi connectivity index (χ4n) is 1.05. The summed E-state index contributed by atoms with van der Waals surface area (Å²) in [5.41, 5.74) is 0.951. The van der Waals surface area contributed by atoms with Crippen molar-refractivity contribution in [1.29, 1.82) is 0 Å². The highest BCUT2D eigenvalue weighted by Crippen LogP contribution is 2.01. The zero-order chi connectivity index (χ0) is 11.1. The summed E-state index contributed by atoms with van der Waals surface area (Å²) in [5.74, 6) is -0.262. The number of carbonyl (C=O) groups excluding carboxylic acids is 1. The Morgan fingerprint density at radius 3 is 2.53 bits per heavy atom. The molecule has 0 bridgehead atoms. The standard InChI is InChI=1S/C12H16O3/c1-10(2)14-9-15-12(13)8-11-6-4-3-5-7-11/h3-7,10H,8-9H2,1-2H3. The van der Waals surface area contributed by atoms with Gasteiger partial charge in [-0.3, -0.25) is 4.79 Å². The van der Waals surface area contributed by atoms with E-state index in [1.54, 1.807) is 0 Å². The number of benzene rings is 1. The first-order valence-electron chi connectivity index (χ1n) is 4.99. The van der Waals surface area contributed by atoms with Gasteiger partial charge in [-0.25, -0.2) is 0 Å². The number of esters is 1. The van der Waals surface area contributed by atoms with Gasteiger partial charge in [0.2, 0.25) is 0 Å². The minimum Gasteiger partial charge on any atom is -0.438 e. The van der Waals surface area contributed by atoms with Gasteiger partial charge < -0.3 is 9.47 Å². The third kappa shape index (κ3) is 5.18. The van der Waals surface area contributed by atoms with Crippen molar-refractivity contribution in [1.82, 2.24) is 0 Å². The lowest BCUT2D eigenvalue weighted by molar-refractivity contribution is -0.158. The summed E-state index contributed by atoms with van der Waals surface area (Å²) in [6.45, 7) is 3.82. The highest BCUT2D eigenvalue weighted by molar-refractivity contribution is 5.72. The van der Waals surface area contributed by atoms with Crippen LogP contribution in [0.25, 0.3) is 0 Å². The first kappa shape index (κ1) is 11.7. The summed E-state index contributed by atoms with van der Waals surface area (Å²) in [7, 11) is 0. The molecule has 0 aromatic heterocycles. The molecule has 1 aromatic carbocycles. The maximum atomic E-state index is 11.3. The van der Waals surface area contributed by atoms with Crippen molar-refractivity contribution in [2.75, 3.05) is 6.79 Å². The minimum atomic E-state index is -0.262. The molecule has 0 fully saturated rings. The van der Waals surface area contributed by atoms with Crippen molar-refractivity contribution >= 4 is 5.97 Å². The van der Waals surface area contributed by atoms with Crippen LogP contribution >= 0.6 is 0 Å². The van der Waals surface area contributed by atoms with Crippen molar-refractivity contribution in [2.45, 2.75) is 26.4 Å². The summed E-state index contributed by atoms with van der Waals surface area (Å²) >= 11 is 0. The molecule has 0 radical (unpaired) electrons. The Bertz CT molecular complexity index is 293. The lowest BCUT2D eigenvalue weighted by Crippen LogP contribution is -2.13. The quantitative estimate of drug-likeness (QED) is 0.549. The van der Waals surface area contributed by atoms with Crippen LogP contribution in [-0.4, -0.2) is 18.9 Å². The van der Waals surface area contributed by atoms with Gasteiger partial charge in [-0.15, -0.1) is 0 Å². The molecule has 0 aliphatic rings. The molecular formula is C12H16O3. The molecule has 0 aliphatic heterocycles. The van der Waals surface area contributed by atoms with Gasteiger partial charge in [-0.2, -0.15) is 0 Å². The maximum Gasteiger partial charge on any atom is 0.312 e. The van der Waals surface area contributed by atoms with Gasteiger partial charge in [0, 0.05) is 0 Å². The molecule has 0 spiro atoms. The van der Waals surface area contributed by atoms with Gasteiger partial charge in [0.05, 0.1) is 12.5 Å².